The zero-order valence-electron chi connectivity index (χ0n) is 27.8. The number of aliphatic carboxylic acids is 2. The average molecular weight is 746 g/mol. The number of carbonyl (C=O) groups excluding carboxylic acids is 6. The van der Waals surface area contributed by atoms with Gasteiger partial charge in [0.25, 0.3) is 0 Å². The molecule has 0 aromatic rings. The molecule has 0 heterocycles. The van der Waals surface area contributed by atoms with E-state index in [1.807, 2.05) is 5.32 Å². The molecule has 22 heteroatoms. The molecule has 0 aliphatic heterocycles. The van der Waals surface area contributed by atoms with Gasteiger partial charge in [0.05, 0.1) is 25.6 Å². The van der Waals surface area contributed by atoms with Crippen molar-refractivity contribution in [3.63, 3.8) is 0 Å². The van der Waals surface area contributed by atoms with Crippen LogP contribution in [-0.2, 0) is 47.4 Å². The molecule has 21 nitrogen and oxygen atoms in total. The van der Waals surface area contributed by atoms with Crippen LogP contribution in [0.15, 0.2) is 36.0 Å². The number of nitrogens with one attached hydrogen (secondary N) is 5. The molecular weight excluding hydrogens is 701 g/mol. The van der Waals surface area contributed by atoms with Gasteiger partial charge < -0.3 is 58.1 Å². The normalized spacial score (nSPS) is 16.8. The standard InChI is InChI=1S/C29H44N7O14P/c1-3-15(2)24(36-21(37)13-32-27(44)20(14-50-51(47,48)49)35-26(43)17(30)12-23(40)41)29(46)34-19(11-16-7-5-4-6-8-16)28(45)33-18(25(31)42)9-10-22(38)39/h4-7,11,15,17-20,24H,3,8-10,12-14,30H2,1-2H3,(H2,31,42)(H,32,44)(H,33,45)(H,34,46)(H,35,43)(H,36,37)(H,38,39)(H,40,41)(H2,47,48,49). The Morgan fingerprint density at radius 1 is 0.922 bits per heavy atom. The van der Waals surface area contributed by atoms with Gasteiger partial charge in [-0.05, 0) is 30.4 Å². The van der Waals surface area contributed by atoms with Crippen molar-refractivity contribution in [1.29, 1.82) is 0 Å². The zero-order valence-corrected chi connectivity index (χ0v) is 28.7. The Balaban J connectivity index is 3.14. The first kappa shape index (κ1) is 44.1. The van der Waals surface area contributed by atoms with Crippen LogP contribution in [-0.4, -0.2) is 111 Å². The van der Waals surface area contributed by atoms with Crippen LogP contribution in [0.5, 0.6) is 0 Å². The number of phosphoric acid groups is 1. The van der Waals surface area contributed by atoms with Crippen molar-refractivity contribution in [3.8, 4) is 0 Å². The number of hydrogen-bond donors (Lipinski definition) is 11. The number of allylic oxidation sites excluding steroid dienone is 5. The Kier molecular flexibility index (Phi) is 18.4. The van der Waals surface area contributed by atoms with Gasteiger partial charge in [0.2, 0.25) is 35.4 Å². The van der Waals surface area contributed by atoms with Crippen LogP contribution in [0, 0.1) is 5.92 Å². The molecule has 0 aromatic carbocycles. The maximum Gasteiger partial charge on any atom is 0.469 e. The van der Waals surface area contributed by atoms with Crippen LogP contribution in [0.4, 0.5) is 0 Å². The van der Waals surface area contributed by atoms with Gasteiger partial charge in [0.15, 0.2) is 0 Å². The van der Waals surface area contributed by atoms with Crippen molar-refractivity contribution in [3.05, 3.63) is 36.0 Å². The molecule has 6 amide bonds. The fourth-order valence-corrected chi connectivity index (χ4v) is 4.58. The topological polar surface area (TPSA) is 356 Å². The number of carboxylic acid groups (broad SMARTS) is 2. The van der Waals surface area contributed by atoms with Crippen LogP contribution in [0.1, 0.15) is 46.0 Å². The molecule has 6 unspecified atom stereocenters. The number of primary amides is 1. The van der Waals surface area contributed by atoms with Crippen molar-refractivity contribution in [2.45, 2.75) is 76.2 Å². The van der Waals surface area contributed by atoms with E-state index >= 15 is 0 Å². The van der Waals surface area contributed by atoms with Crippen LogP contribution in [0.2, 0.25) is 0 Å². The molecule has 0 aromatic heterocycles. The Labute approximate surface area is 291 Å². The molecule has 6 atom stereocenters. The van der Waals surface area contributed by atoms with Crippen molar-refractivity contribution in [2.24, 2.45) is 17.4 Å². The van der Waals surface area contributed by atoms with Crippen LogP contribution >= 0.6 is 7.82 Å². The second-order valence-corrected chi connectivity index (χ2v) is 12.6. The molecule has 0 bridgehead atoms. The Bertz CT molecular complexity index is 1460. The van der Waals surface area contributed by atoms with E-state index in [0.717, 1.165) is 0 Å². The molecule has 1 rings (SSSR count). The van der Waals surface area contributed by atoms with E-state index in [9.17, 15) is 42.9 Å². The van der Waals surface area contributed by atoms with Gasteiger partial charge >= 0.3 is 19.8 Å². The maximum atomic E-state index is 13.5. The molecule has 284 valence electrons. The second kappa shape index (κ2) is 21.3. The average Bonchev–Trinajstić information content (AvgIpc) is 3.04. The highest BCUT2D eigenvalue weighted by Crippen LogP contribution is 2.35. The summed E-state index contributed by atoms with van der Waals surface area (Å²) in [5.74, 6) is -9.33. The SMILES string of the molecule is CCC(C)C(NC(=O)CNC(=O)C(COP(=O)(O)O)NC(=O)C(N)CC(=O)O)C(=O)NC(C=C1C=CC=CC1)C(=O)NC(CCC(=O)O)C(N)=O. The van der Waals surface area contributed by atoms with Crippen molar-refractivity contribution < 1.29 is 67.4 Å². The number of amides is 6. The van der Waals surface area contributed by atoms with Crippen molar-refractivity contribution in [1.82, 2.24) is 26.6 Å². The number of rotatable bonds is 22. The van der Waals surface area contributed by atoms with Gasteiger partial charge in [-0.15, -0.1) is 0 Å². The Hall–Kier alpha value is -4.95. The van der Waals surface area contributed by atoms with Crippen molar-refractivity contribution >= 4 is 55.2 Å². The van der Waals surface area contributed by atoms with Gasteiger partial charge in [0.1, 0.15) is 24.2 Å². The summed E-state index contributed by atoms with van der Waals surface area (Å²) in [6, 6.07) is -7.61. The Morgan fingerprint density at radius 2 is 1.57 bits per heavy atom. The minimum atomic E-state index is -5.15. The van der Waals surface area contributed by atoms with Gasteiger partial charge in [0, 0.05) is 6.42 Å². The molecule has 13 N–H and O–H groups in total. The number of hydrogen-bond acceptors (Lipinski definition) is 11. The van der Waals surface area contributed by atoms with E-state index in [0.29, 0.717) is 18.4 Å². The van der Waals surface area contributed by atoms with Gasteiger partial charge in [-0.2, -0.15) is 0 Å². The fraction of sp³-hybridized carbons (Fsp3) is 0.517. The number of phosphoric ester groups is 1. The smallest absolute Gasteiger partial charge is 0.469 e. The predicted octanol–water partition coefficient (Wildman–Crippen LogP) is -3.21. The largest absolute Gasteiger partial charge is 0.481 e. The van der Waals surface area contributed by atoms with E-state index in [1.165, 1.54) is 6.08 Å². The quantitative estimate of drug-likeness (QED) is 0.0486. The van der Waals surface area contributed by atoms with E-state index in [-0.39, 0.29) is 6.42 Å². The summed E-state index contributed by atoms with van der Waals surface area (Å²) in [5.41, 5.74) is 11.4. The van der Waals surface area contributed by atoms with Crippen LogP contribution in [0.25, 0.3) is 0 Å². The minimum absolute atomic E-state index is 0.321. The lowest BCUT2D eigenvalue weighted by Gasteiger charge is -2.27. The van der Waals surface area contributed by atoms with E-state index in [1.54, 1.807) is 38.2 Å². The third-order valence-electron chi connectivity index (χ3n) is 7.19. The first-order valence-corrected chi connectivity index (χ1v) is 17.0. The molecule has 0 saturated carbocycles. The summed E-state index contributed by atoms with van der Waals surface area (Å²) in [7, 11) is -5.15. The third-order valence-corrected chi connectivity index (χ3v) is 7.67. The highest BCUT2D eigenvalue weighted by molar-refractivity contribution is 7.46. The zero-order chi connectivity index (χ0) is 38.9. The lowest BCUT2D eigenvalue weighted by atomic mass is 9.97. The number of carboxylic acids is 2. The molecule has 0 radical (unpaired) electrons. The summed E-state index contributed by atoms with van der Waals surface area (Å²) < 4.78 is 15.5. The first-order chi connectivity index (χ1) is 23.7. The minimum Gasteiger partial charge on any atom is -0.481 e. The van der Waals surface area contributed by atoms with Gasteiger partial charge in [-0.3, -0.25) is 42.9 Å². The number of nitrogens with two attached hydrogens (primary N) is 2. The predicted molar refractivity (Wildman–Crippen MR) is 175 cm³/mol. The molecule has 0 spiro atoms. The molecule has 1 aliphatic carbocycles. The lowest BCUT2D eigenvalue weighted by molar-refractivity contribution is -0.140. The van der Waals surface area contributed by atoms with Crippen LogP contribution < -0.4 is 38.1 Å². The summed E-state index contributed by atoms with van der Waals surface area (Å²) in [6.45, 7) is 1.37. The summed E-state index contributed by atoms with van der Waals surface area (Å²) in [6.07, 6.45) is 7.34. The molecule has 0 fully saturated rings. The molecule has 0 saturated heterocycles. The first-order valence-electron chi connectivity index (χ1n) is 15.4. The summed E-state index contributed by atoms with van der Waals surface area (Å²) in [4.78, 5) is 117. The Morgan fingerprint density at radius 3 is 2.10 bits per heavy atom. The maximum absolute atomic E-state index is 13.5. The van der Waals surface area contributed by atoms with Gasteiger partial charge in [-0.1, -0.05) is 44.6 Å². The van der Waals surface area contributed by atoms with E-state index in [2.05, 4.69) is 25.8 Å². The van der Waals surface area contributed by atoms with Gasteiger partial charge in [-0.25, -0.2) is 4.57 Å². The third kappa shape index (κ3) is 17.5. The highest BCUT2D eigenvalue weighted by Gasteiger charge is 2.32. The van der Waals surface area contributed by atoms with E-state index < -0.39 is 117 Å². The summed E-state index contributed by atoms with van der Waals surface area (Å²) in [5, 5.41) is 29.2. The summed E-state index contributed by atoms with van der Waals surface area (Å²) >= 11 is 0. The van der Waals surface area contributed by atoms with Crippen molar-refractivity contribution in [2.75, 3.05) is 13.2 Å². The number of carbonyl (C=O) groups is 8. The molecule has 1 aliphatic rings. The van der Waals surface area contributed by atoms with E-state index in [4.69, 9.17) is 31.5 Å². The molecular formula is C29H44N7O14P. The van der Waals surface area contributed by atoms with Crippen LogP contribution in [0.3, 0.4) is 0 Å². The monoisotopic (exact) mass is 745 g/mol. The highest BCUT2D eigenvalue weighted by atomic mass is 31.2. The lowest BCUT2D eigenvalue weighted by Crippen LogP contribution is -2.58. The molecule has 51 heavy (non-hydrogen) atoms. The second-order valence-electron chi connectivity index (χ2n) is 11.3. The fourth-order valence-electron chi connectivity index (χ4n) is 4.24.